The predicted octanol–water partition coefficient (Wildman–Crippen LogP) is -3.59. The van der Waals surface area contributed by atoms with Gasteiger partial charge in [-0.05, 0) is 37.0 Å². The summed E-state index contributed by atoms with van der Waals surface area (Å²) < 4.78 is 0. The quantitative estimate of drug-likeness (QED) is 0.138. The molecule has 2 rings (SSSR count). The summed E-state index contributed by atoms with van der Waals surface area (Å²) in [6, 6.07) is 1.04. The highest BCUT2D eigenvalue weighted by Crippen LogP contribution is 2.18. The Morgan fingerprint density at radius 1 is 1.00 bits per heavy atom. The molecule has 1 aliphatic heterocycles. The standard InChI is InChI=1S/C22H31N5O9/c23-14(8-12-3-5-13(30)6-4-12)19(32)24-9-18(31)25-15(10-28)20(33)26-16(11-29)21(34)27-7-1-2-17(27)22(35)36/h3-6,14-17,28-30H,1-2,7-11,23H2,(H,24,32)(H,25,31)(H,26,33)(H,35,36)/t14-,15-,16-,17-/m0/s1. The van der Waals surface area contributed by atoms with Crippen LogP contribution in [0.2, 0.25) is 0 Å². The van der Waals surface area contributed by atoms with Crippen LogP contribution in [0.4, 0.5) is 0 Å². The molecule has 9 N–H and O–H groups in total. The second kappa shape index (κ2) is 13.4. The molecule has 1 heterocycles. The van der Waals surface area contributed by atoms with Crippen molar-refractivity contribution >= 4 is 29.6 Å². The molecular formula is C22H31N5O9. The molecule has 14 nitrogen and oxygen atoms in total. The Labute approximate surface area is 206 Å². The minimum absolute atomic E-state index is 0.0612. The maximum absolute atomic E-state index is 12.6. The number of hydrogen-bond acceptors (Lipinski definition) is 9. The molecule has 0 spiro atoms. The number of aliphatic hydroxyl groups excluding tert-OH is 2. The Hall–Kier alpha value is -3.75. The molecule has 14 heteroatoms. The SMILES string of the molecule is N[C@@H](Cc1ccc(O)cc1)C(=O)NCC(=O)N[C@@H](CO)C(=O)N[C@@H](CO)C(=O)N1CCC[C@H]1C(=O)O. The maximum atomic E-state index is 12.6. The van der Waals surface area contributed by atoms with Crippen LogP contribution in [-0.2, 0) is 30.4 Å². The van der Waals surface area contributed by atoms with E-state index in [0.29, 0.717) is 12.0 Å². The number of benzene rings is 1. The average Bonchev–Trinajstić information content (AvgIpc) is 3.35. The fourth-order valence-electron chi connectivity index (χ4n) is 3.66. The molecule has 4 amide bonds. The van der Waals surface area contributed by atoms with Crippen LogP contribution in [0.3, 0.4) is 0 Å². The Bertz CT molecular complexity index is 956. The van der Waals surface area contributed by atoms with Crippen LogP contribution in [0.15, 0.2) is 24.3 Å². The van der Waals surface area contributed by atoms with Gasteiger partial charge in [-0.2, -0.15) is 0 Å². The molecule has 1 aromatic carbocycles. The zero-order valence-corrected chi connectivity index (χ0v) is 19.4. The van der Waals surface area contributed by atoms with Gasteiger partial charge in [0.1, 0.15) is 23.9 Å². The van der Waals surface area contributed by atoms with Crippen LogP contribution in [0.5, 0.6) is 5.75 Å². The lowest BCUT2D eigenvalue weighted by Gasteiger charge is -2.27. The summed E-state index contributed by atoms with van der Waals surface area (Å²) >= 11 is 0. The third-order valence-electron chi connectivity index (χ3n) is 5.60. The summed E-state index contributed by atoms with van der Waals surface area (Å²) in [5.41, 5.74) is 6.51. The number of carboxylic acids is 1. The number of aliphatic carboxylic acids is 1. The van der Waals surface area contributed by atoms with Crippen molar-refractivity contribution < 1.29 is 44.4 Å². The smallest absolute Gasteiger partial charge is 0.326 e. The van der Waals surface area contributed by atoms with E-state index in [1.165, 1.54) is 12.1 Å². The first-order chi connectivity index (χ1) is 17.1. The lowest BCUT2D eigenvalue weighted by atomic mass is 10.1. The van der Waals surface area contributed by atoms with Gasteiger partial charge in [0.05, 0.1) is 25.8 Å². The number of rotatable bonds is 12. The molecule has 1 saturated heterocycles. The van der Waals surface area contributed by atoms with Crippen LogP contribution < -0.4 is 21.7 Å². The zero-order chi connectivity index (χ0) is 26.8. The predicted molar refractivity (Wildman–Crippen MR) is 123 cm³/mol. The maximum Gasteiger partial charge on any atom is 0.326 e. The summed E-state index contributed by atoms with van der Waals surface area (Å²) in [7, 11) is 0. The topological polar surface area (TPSA) is 232 Å². The average molecular weight is 510 g/mol. The Morgan fingerprint density at radius 3 is 2.22 bits per heavy atom. The van der Waals surface area contributed by atoms with Crippen molar-refractivity contribution in [2.45, 2.75) is 43.4 Å². The minimum Gasteiger partial charge on any atom is -0.508 e. The first-order valence-corrected chi connectivity index (χ1v) is 11.2. The van der Waals surface area contributed by atoms with E-state index in [9.17, 15) is 44.4 Å². The third-order valence-corrected chi connectivity index (χ3v) is 5.60. The molecule has 0 aliphatic carbocycles. The van der Waals surface area contributed by atoms with E-state index >= 15 is 0 Å². The molecular weight excluding hydrogens is 478 g/mol. The molecule has 1 fully saturated rings. The van der Waals surface area contributed by atoms with Crippen LogP contribution in [0, 0.1) is 0 Å². The van der Waals surface area contributed by atoms with Crippen molar-refractivity contribution in [3.63, 3.8) is 0 Å². The molecule has 0 saturated carbocycles. The van der Waals surface area contributed by atoms with Gasteiger partial charge in [0.15, 0.2) is 0 Å². The van der Waals surface area contributed by atoms with Crippen LogP contribution in [0.1, 0.15) is 18.4 Å². The summed E-state index contributed by atoms with van der Waals surface area (Å²) in [6.07, 6.45) is 0.840. The number of carbonyl (C=O) groups excluding carboxylic acids is 4. The highest BCUT2D eigenvalue weighted by atomic mass is 16.4. The largest absolute Gasteiger partial charge is 0.508 e. The zero-order valence-electron chi connectivity index (χ0n) is 19.4. The number of nitrogens with two attached hydrogens (primary N) is 1. The van der Waals surface area contributed by atoms with Crippen molar-refractivity contribution in [2.24, 2.45) is 5.73 Å². The molecule has 0 aromatic heterocycles. The molecule has 1 aliphatic rings. The van der Waals surface area contributed by atoms with E-state index in [0.717, 1.165) is 4.90 Å². The van der Waals surface area contributed by atoms with Crippen molar-refractivity contribution in [3.05, 3.63) is 29.8 Å². The number of carbonyl (C=O) groups is 5. The molecule has 198 valence electrons. The van der Waals surface area contributed by atoms with Crippen LogP contribution >= 0.6 is 0 Å². The van der Waals surface area contributed by atoms with E-state index in [1.807, 2.05) is 0 Å². The third kappa shape index (κ3) is 7.90. The van der Waals surface area contributed by atoms with Crippen LogP contribution in [0.25, 0.3) is 0 Å². The summed E-state index contributed by atoms with van der Waals surface area (Å²) in [4.78, 5) is 61.8. The Kier molecular flexibility index (Phi) is 10.6. The number of nitrogens with zero attached hydrogens (tertiary/aromatic N) is 1. The normalized spacial score (nSPS) is 17.5. The number of hydrogen-bond donors (Lipinski definition) is 8. The van der Waals surface area contributed by atoms with E-state index in [-0.39, 0.29) is 25.1 Å². The summed E-state index contributed by atoms with van der Waals surface area (Å²) in [5.74, 6) is -4.40. The van der Waals surface area contributed by atoms with Crippen molar-refractivity contribution in [1.29, 1.82) is 0 Å². The lowest BCUT2D eigenvalue weighted by molar-refractivity contribution is -0.150. The van der Waals surface area contributed by atoms with Crippen LogP contribution in [-0.4, -0.2) is 105 Å². The van der Waals surface area contributed by atoms with Gasteiger partial charge in [-0.25, -0.2) is 4.79 Å². The van der Waals surface area contributed by atoms with E-state index in [1.54, 1.807) is 12.1 Å². The van der Waals surface area contributed by atoms with Gasteiger partial charge in [0.2, 0.25) is 23.6 Å². The van der Waals surface area contributed by atoms with Gasteiger partial charge in [0.25, 0.3) is 0 Å². The molecule has 0 bridgehead atoms. The van der Waals surface area contributed by atoms with Gasteiger partial charge >= 0.3 is 5.97 Å². The molecule has 0 unspecified atom stereocenters. The van der Waals surface area contributed by atoms with Gasteiger partial charge in [-0.15, -0.1) is 0 Å². The summed E-state index contributed by atoms with van der Waals surface area (Å²) in [5, 5.41) is 44.3. The number of aromatic hydroxyl groups is 1. The van der Waals surface area contributed by atoms with Crippen molar-refractivity contribution in [3.8, 4) is 5.75 Å². The Morgan fingerprint density at radius 2 is 1.64 bits per heavy atom. The lowest BCUT2D eigenvalue weighted by Crippen LogP contribution is -2.58. The molecule has 36 heavy (non-hydrogen) atoms. The minimum atomic E-state index is -1.50. The first kappa shape index (κ1) is 28.5. The second-order valence-electron chi connectivity index (χ2n) is 8.27. The van der Waals surface area contributed by atoms with Gasteiger partial charge in [-0.1, -0.05) is 12.1 Å². The van der Waals surface area contributed by atoms with E-state index < -0.39 is 73.5 Å². The fraction of sp³-hybridized carbons (Fsp3) is 0.500. The number of phenolic OH excluding ortho intramolecular Hbond substituents is 1. The monoisotopic (exact) mass is 509 g/mol. The van der Waals surface area contributed by atoms with Gasteiger partial charge < -0.3 is 47.0 Å². The highest BCUT2D eigenvalue weighted by molar-refractivity contribution is 5.94. The number of phenols is 1. The van der Waals surface area contributed by atoms with Gasteiger partial charge in [-0.3, -0.25) is 19.2 Å². The number of likely N-dealkylation sites (tertiary alicyclic amines) is 1. The molecule has 0 radical (unpaired) electrons. The fourth-order valence-corrected chi connectivity index (χ4v) is 3.66. The molecule has 1 aromatic rings. The first-order valence-electron chi connectivity index (χ1n) is 11.2. The molecule has 4 atom stereocenters. The van der Waals surface area contributed by atoms with Crippen molar-refractivity contribution in [2.75, 3.05) is 26.3 Å². The van der Waals surface area contributed by atoms with Gasteiger partial charge in [0, 0.05) is 6.54 Å². The number of carboxylic acid groups (broad SMARTS) is 1. The summed E-state index contributed by atoms with van der Waals surface area (Å²) in [6.45, 7) is -2.08. The Balaban J connectivity index is 1.85. The number of aliphatic hydroxyl groups is 2. The van der Waals surface area contributed by atoms with E-state index in [2.05, 4.69) is 16.0 Å². The highest BCUT2D eigenvalue weighted by Gasteiger charge is 2.38. The van der Waals surface area contributed by atoms with E-state index in [4.69, 9.17) is 5.73 Å². The second-order valence-corrected chi connectivity index (χ2v) is 8.27. The number of amides is 4. The van der Waals surface area contributed by atoms with Crippen molar-refractivity contribution in [1.82, 2.24) is 20.9 Å². The number of nitrogens with one attached hydrogen (secondary N) is 3.